The lowest BCUT2D eigenvalue weighted by atomic mass is 10.1. The number of carbonyl (C=O) groups is 2. The standard InChI is InChI=1S/C35H39N3O5S/c1-5-27(3)36-35(40)28(4)37(24-29-15-13-12-14-26(29)2)34(39)25-38(44(41,42)33-18-10-7-11-19-33)30-20-22-32(23-21-30)43-31-16-8-6-9-17-31/h6-23,27-28H,5,24-25H2,1-4H3,(H,36,40)/t27-,28+/m0/s1. The molecule has 0 heterocycles. The number of nitrogens with zero attached hydrogens (tertiary/aromatic N) is 2. The molecule has 0 aliphatic carbocycles. The van der Waals surface area contributed by atoms with Gasteiger partial charge in [0.25, 0.3) is 10.0 Å². The van der Waals surface area contributed by atoms with E-state index in [2.05, 4.69) is 5.32 Å². The van der Waals surface area contributed by atoms with Gasteiger partial charge in [-0.3, -0.25) is 13.9 Å². The van der Waals surface area contributed by atoms with Crippen LogP contribution in [0.4, 0.5) is 5.69 Å². The Morgan fingerprint density at radius 1 is 0.795 bits per heavy atom. The highest BCUT2D eigenvalue weighted by molar-refractivity contribution is 7.92. The highest BCUT2D eigenvalue weighted by Crippen LogP contribution is 2.28. The quantitative estimate of drug-likeness (QED) is 0.191. The molecule has 0 aromatic heterocycles. The van der Waals surface area contributed by atoms with Gasteiger partial charge in [0.05, 0.1) is 10.6 Å². The minimum atomic E-state index is -4.16. The molecule has 0 aliphatic rings. The summed E-state index contributed by atoms with van der Waals surface area (Å²) in [6.45, 7) is 7.10. The topological polar surface area (TPSA) is 96.0 Å². The number of para-hydroxylation sites is 1. The second-order valence-electron chi connectivity index (χ2n) is 10.7. The molecule has 44 heavy (non-hydrogen) atoms. The van der Waals surface area contributed by atoms with Crippen molar-refractivity contribution in [2.45, 2.75) is 57.6 Å². The second kappa shape index (κ2) is 14.7. The lowest BCUT2D eigenvalue weighted by Crippen LogP contribution is -2.52. The van der Waals surface area contributed by atoms with Crippen LogP contribution in [0.5, 0.6) is 11.5 Å². The summed E-state index contributed by atoms with van der Waals surface area (Å²) in [6, 6.07) is 30.5. The van der Waals surface area contributed by atoms with Gasteiger partial charge in [0.1, 0.15) is 24.1 Å². The van der Waals surface area contributed by atoms with Gasteiger partial charge in [-0.05, 0) is 86.8 Å². The third-order valence-electron chi connectivity index (χ3n) is 7.48. The van der Waals surface area contributed by atoms with Crippen molar-refractivity contribution in [1.29, 1.82) is 0 Å². The van der Waals surface area contributed by atoms with Crippen molar-refractivity contribution in [2.75, 3.05) is 10.8 Å². The summed E-state index contributed by atoms with van der Waals surface area (Å²) >= 11 is 0. The van der Waals surface area contributed by atoms with E-state index in [0.29, 0.717) is 11.5 Å². The zero-order valence-corrected chi connectivity index (χ0v) is 26.3. The first kappa shape index (κ1) is 32.3. The number of hydrogen-bond acceptors (Lipinski definition) is 5. The van der Waals surface area contributed by atoms with E-state index in [1.54, 1.807) is 49.4 Å². The van der Waals surface area contributed by atoms with Gasteiger partial charge in [-0.15, -0.1) is 0 Å². The molecule has 0 saturated heterocycles. The Bertz CT molecular complexity index is 1650. The maximum Gasteiger partial charge on any atom is 0.264 e. The van der Waals surface area contributed by atoms with Crippen LogP contribution in [-0.4, -0.2) is 43.8 Å². The van der Waals surface area contributed by atoms with Crippen LogP contribution in [0.15, 0.2) is 114 Å². The van der Waals surface area contributed by atoms with Crippen LogP contribution in [0, 0.1) is 6.92 Å². The predicted molar refractivity (Wildman–Crippen MR) is 173 cm³/mol. The second-order valence-corrected chi connectivity index (χ2v) is 12.5. The van der Waals surface area contributed by atoms with Gasteiger partial charge in [0.15, 0.2) is 0 Å². The number of anilines is 1. The largest absolute Gasteiger partial charge is 0.457 e. The fourth-order valence-electron chi connectivity index (χ4n) is 4.57. The Hall–Kier alpha value is -4.63. The molecule has 0 bridgehead atoms. The summed E-state index contributed by atoms with van der Waals surface area (Å²) in [5, 5.41) is 2.95. The van der Waals surface area contributed by atoms with Crippen molar-refractivity contribution in [3.8, 4) is 11.5 Å². The summed E-state index contributed by atoms with van der Waals surface area (Å²) in [5.74, 6) is 0.339. The number of aryl methyl sites for hydroxylation is 1. The summed E-state index contributed by atoms with van der Waals surface area (Å²) in [5.41, 5.74) is 2.11. The average Bonchev–Trinajstić information content (AvgIpc) is 3.04. The molecule has 0 fully saturated rings. The van der Waals surface area contributed by atoms with Crippen molar-refractivity contribution in [2.24, 2.45) is 0 Å². The minimum Gasteiger partial charge on any atom is -0.457 e. The van der Waals surface area contributed by atoms with E-state index in [4.69, 9.17) is 4.74 Å². The van der Waals surface area contributed by atoms with Crippen LogP contribution in [-0.2, 0) is 26.2 Å². The number of rotatable bonds is 13. The van der Waals surface area contributed by atoms with E-state index >= 15 is 0 Å². The molecule has 230 valence electrons. The van der Waals surface area contributed by atoms with E-state index in [1.807, 2.05) is 75.4 Å². The van der Waals surface area contributed by atoms with Gasteiger partial charge in [0, 0.05) is 12.6 Å². The van der Waals surface area contributed by atoms with E-state index in [1.165, 1.54) is 17.0 Å². The van der Waals surface area contributed by atoms with Gasteiger partial charge in [-0.25, -0.2) is 8.42 Å². The molecule has 2 amide bonds. The molecule has 4 aromatic rings. The number of amides is 2. The molecule has 8 nitrogen and oxygen atoms in total. The third kappa shape index (κ3) is 8.05. The number of hydrogen-bond donors (Lipinski definition) is 1. The van der Waals surface area contributed by atoms with Gasteiger partial charge < -0.3 is 15.0 Å². The zero-order valence-electron chi connectivity index (χ0n) is 25.5. The molecule has 0 radical (unpaired) electrons. The Kier molecular flexibility index (Phi) is 10.8. The molecule has 9 heteroatoms. The monoisotopic (exact) mass is 613 g/mol. The number of carbonyl (C=O) groups excluding carboxylic acids is 2. The Morgan fingerprint density at radius 3 is 1.98 bits per heavy atom. The predicted octanol–water partition coefficient (Wildman–Crippen LogP) is 6.31. The van der Waals surface area contributed by atoms with Gasteiger partial charge >= 0.3 is 0 Å². The van der Waals surface area contributed by atoms with Crippen LogP contribution in [0.25, 0.3) is 0 Å². The zero-order chi connectivity index (χ0) is 31.7. The smallest absolute Gasteiger partial charge is 0.264 e. The lowest BCUT2D eigenvalue weighted by molar-refractivity contribution is -0.139. The normalized spacial score (nSPS) is 12.5. The van der Waals surface area contributed by atoms with Crippen LogP contribution in [0.3, 0.4) is 0 Å². The first-order valence-corrected chi connectivity index (χ1v) is 16.1. The summed E-state index contributed by atoms with van der Waals surface area (Å²) < 4.78 is 35.0. The summed E-state index contributed by atoms with van der Waals surface area (Å²) in [7, 11) is -4.16. The van der Waals surface area contributed by atoms with Crippen molar-refractivity contribution in [1.82, 2.24) is 10.2 Å². The fourth-order valence-corrected chi connectivity index (χ4v) is 6.01. The van der Waals surface area contributed by atoms with Crippen molar-refractivity contribution < 1.29 is 22.7 Å². The Balaban J connectivity index is 1.70. The number of ether oxygens (including phenoxy) is 1. The molecule has 4 aromatic carbocycles. The average molecular weight is 614 g/mol. The Labute approximate surface area is 260 Å². The molecule has 0 aliphatic heterocycles. The van der Waals surface area contributed by atoms with Gasteiger partial charge in [-0.1, -0.05) is 67.6 Å². The molecule has 4 rings (SSSR count). The third-order valence-corrected chi connectivity index (χ3v) is 9.27. The maximum atomic E-state index is 14.1. The van der Waals surface area contributed by atoms with E-state index in [0.717, 1.165) is 21.9 Å². The van der Waals surface area contributed by atoms with E-state index < -0.39 is 28.5 Å². The van der Waals surface area contributed by atoms with Crippen molar-refractivity contribution >= 4 is 27.5 Å². The first-order valence-electron chi connectivity index (χ1n) is 14.6. The summed E-state index contributed by atoms with van der Waals surface area (Å²) in [6.07, 6.45) is 0.733. The molecular weight excluding hydrogens is 574 g/mol. The van der Waals surface area contributed by atoms with Crippen molar-refractivity contribution in [3.05, 3.63) is 120 Å². The van der Waals surface area contributed by atoms with Crippen LogP contribution >= 0.6 is 0 Å². The van der Waals surface area contributed by atoms with Crippen LogP contribution < -0.4 is 14.4 Å². The summed E-state index contributed by atoms with van der Waals surface area (Å²) in [4.78, 5) is 28.9. The maximum absolute atomic E-state index is 14.1. The van der Waals surface area contributed by atoms with Crippen LogP contribution in [0.1, 0.15) is 38.3 Å². The first-order chi connectivity index (χ1) is 21.1. The van der Waals surface area contributed by atoms with Gasteiger partial charge in [0.2, 0.25) is 11.8 Å². The molecule has 0 unspecified atom stereocenters. The van der Waals surface area contributed by atoms with Crippen LogP contribution in [0.2, 0.25) is 0 Å². The highest BCUT2D eigenvalue weighted by atomic mass is 32.2. The minimum absolute atomic E-state index is 0.0467. The number of nitrogens with one attached hydrogen (secondary N) is 1. The molecular formula is C35H39N3O5S. The Morgan fingerprint density at radius 2 is 1.36 bits per heavy atom. The van der Waals surface area contributed by atoms with Gasteiger partial charge in [-0.2, -0.15) is 0 Å². The highest BCUT2D eigenvalue weighted by Gasteiger charge is 2.33. The molecule has 0 saturated carbocycles. The molecule has 0 spiro atoms. The fraction of sp³-hybridized carbons (Fsp3) is 0.257. The van der Waals surface area contributed by atoms with Crippen molar-refractivity contribution in [3.63, 3.8) is 0 Å². The number of benzene rings is 4. The lowest BCUT2D eigenvalue weighted by Gasteiger charge is -2.32. The van der Waals surface area contributed by atoms with E-state index in [9.17, 15) is 18.0 Å². The SMILES string of the molecule is CC[C@H](C)NC(=O)[C@@H](C)N(Cc1ccccc1C)C(=O)CN(c1ccc(Oc2ccccc2)cc1)S(=O)(=O)c1ccccc1. The van der Waals surface area contributed by atoms with E-state index in [-0.39, 0.29) is 29.1 Å². The molecule has 1 N–H and O–H groups in total. The number of sulfonamides is 1. The molecule has 2 atom stereocenters.